The highest BCUT2D eigenvalue weighted by atomic mass is 35.5. The SMILES string of the molecule is CNC(=O)[C@H](Cc1ccccc1)N(Cc1ccc(Cl)cc1Cl)C(=O)Cc1ccc(Cl)c(Cl)c1. The molecule has 0 fully saturated rings. The molecule has 0 radical (unpaired) electrons. The molecule has 0 aliphatic rings. The van der Waals surface area contributed by atoms with Crippen molar-refractivity contribution in [2.45, 2.75) is 25.4 Å². The molecule has 0 saturated carbocycles. The maximum atomic E-state index is 13.5. The molecular formula is C25H22Cl4N2O2. The van der Waals surface area contributed by atoms with Crippen LogP contribution < -0.4 is 5.32 Å². The summed E-state index contributed by atoms with van der Waals surface area (Å²) in [5.41, 5.74) is 2.31. The van der Waals surface area contributed by atoms with Gasteiger partial charge in [0.05, 0.1) is 16.5 Å². The van der Waals surface area contributed by atoms with Crippen LogP contribution in [0.2, 0.25) is 20.1 Å². The molecule has 0 bridgehead atoms. The van der Waals surface area contributed by atoms with Crippen LogP contribution in [0.1, 0.15) is 16.7 Å². The van der Waals surface area contributed by atoms with E-state index >= 15 is 0 Å². The van der Waals surface area contributed by atoms with Crippen molar-refractivity contribution in [1.29, 1.82) is 0 Å². The summed E-state index contributed by atoms with van der Waals surface area (Å²) >= 11 is 24.6. The maximum absolute atomic E-state index is 13.5. The average Bonchev–Trinajstić information content (AvgIpc) is 2.80. The molecule has 0 aromatic heterocycles. The van der Waals surface area contributed by atoms with E-state index < -0.39 is 6.04 Å². The van der Waals surface area contributed by atoms with Gasteiger partial charge in [0.2, 0.25) is 11.8 Å². The molecule has 33 heavy (non-hydrogen) atoms. The van der Waals surface area contributed by atoms with Crippen LogP contribution in [0, 0.1) is 0 Å². The van der Waals surface area contributed by atoms with Gasteiger partial charge in [-0.25, -0.2) is 0 Å². The third-order valence-electron chi connectivity index (χ3n) is 5.21. The Kier molecular flexibility index (Phi) is 9.04. The Morgan fingerprint density at radius 3 is 2.21 bits per heavy atom. The van der Waals surface area contributed by atoms with E-state index in [1.165, 1.54) is 0 Å². The van der Waals surface area contributed by atoms with Crippen molar-refractivity contribution < 1.29 is 9.59 Å². The van der Waals surface area contributed by atoms with E-state index in [0.717, 1.165) is 5.56 Å². The lowest BCUT2D eigenvalue weighted by atomic mass is 10.0. The summed E-state index contributed by atoms with van der Waals surface area (Å²) < 4.78 is 0. The predicted molar refractivity (Wildman–Crippen MR) is 135 cm³/mol. The van der Waals surface area contributed by atoms with Crippen molar-refractivity contribution in [2.24, 2.45) is 0 Å². The molecule has 0 heterocycles. The minimum absolute atomic E-state index is 0.0460. The molecular weight excluding hydrogens is 502 g/mol. The minimum Gasteiger partial charge on any atom is -0.357 e. The zero-order valence-electron chi connectivity index (χ0n) is 17.8. The third kappa shape index (κ3) is 6.87. The first kappa shape index (κ1) is 25.4. The normalized spacial score (nSPS) is 11.7. The van der Waals surface area contributed by atoms with E-state index in [9.17, 15) is 9.59 Å². The Morgan fingerprint density at radius 1 is 0.848 bits per heavy atom. The number of carbonyl (C=O) groups excluding carboxylic acids is 2. The second kappa shape index (κ2) is 11.8. The first-order chi connectivity index (χ1) is 15.8. The van der Waals surface area contributed by atoms with Gasteiger partial charge in [-0.05, 0) is 41.0 Å². The lowest BCUT2D eigenvalue weighted by molar-refractivity contribution is -0.140. The first-order valence-corrected chi connectivity index (χ1v) is 11.7. The molecule has 1 atom stereocenters. The number of likely N-dealkylation sites (N-methyl/N-ethyl adjacent to an activating group) is 1. The fourth-order valence-electron chi connectivity index (χ4n) is 3.48. The Morgan fingerprint density at radius 2 is 1.58 bits per heavy atom. The van der Waals surface area contributed by atoms with Gasteiger partial charge in [0.15, 0.2) is 0 Å². The van der Waals surface area contributed by atoms with Crippen molar-refractivity contribution in [3.05, 3.63) is 104 Å². The number of nitrogens with zero attached hydrogens (tertiary/aromatic N) is 1. The van der Waals surface area contributed by atoms with E-state index in [0.29, 0.717) is 37.6 Å². The summed E-state index contributed by atoms with van der Waals surface area (Å²) in [7, 11) is 1.55. The highest BCUT2D eigenvalue weighted by molar-refractivity contribution is 6.42. The molecule has 3 rings (SSSR count). The molecule has 172 valence electrons. The average molecular weight is 524 g/mol. The van der Waals surface area contributed by atoms with Crippen LogP contribution in [0.5, 0.6) is 0 Å². The van der Waals surface area contributed by atoms with Crippen LogP contribution in [0.4, 0.5) is 0 Å². The fraction of sp³-hybridized carbons (Fsp3) is 0.200. The standard InChI is InChI=1S/C25H22Cl4N2O2/c1-30-25(33)23(12-16-5-3-2-4-6-16)31(15-18-8-9-19(26)14-21(18)28)24(32)13-17-7-10-20(27)22(29)11-17/h2-11,14,23H,12-13,15H2,1H3,(H,30,33)/t23-/m0/s1. The van der Waals surface area contributed by atoms with Crippen molar-refractivity contribution in [3.8, 4) is 0 Å². The predicted octanol–water partition coefficient (Wildman–Crippen LogP) is 6.23. The second-order valence-corrected chi connectivity index (χ2v) is 9.16. The highest BCUT2D eigenvalue weighted by Gasteiger charge is 2.30. The molecule has 2 amide bonds. The summed E-state index contributed by atoms with van der Waals surface area (Å²) in [6.07, 6.45) is 0.392. The van der Waals surface area contributed by atoms with Crippen molar-refractivity contribution >= 4 is 58.2 Å². The number of halogens is 4. The Hall–Kier alpha value is -2.24. The van der Waals surface area contributed by atoms with Crippen LogP contribution in [0.3, 0.4) is 0 Å². The van der Waals surface area contributed by atoms with Gasteiger partial charge in [0, 0.05) is 30.1 Å². The van der Waals surface area contributed by atoms with Gasteiger partial charge in [-0.2, -0.15) is 0 Å². The van der Waals surface area contributed by atoms with Crippen LogP contribution in [0.25, 0.3) is 0 Å². The molecule has 8 heteroatoms. The van der Waals surface area contributed by atoms with Gasteiger partial charge < -0.3 is 10.2 Å². The molecule has 0 aliphatic carbocycles. The lowest BCUT2D eigenvalue weighted by Crippen LogP contribution is -2.50. The lowest BCUT2D eigenvalue weighted by Gasteiger charge is -2.31. The summed E-state index contributed by atoms with van der Waals surface area (Å²) in [5, 5.41) is 4.37. The fourth-order valence-corrected chi connectivity index (χ4v) is 4.27. The Balaban J connectivity index is 1.97. The zero-order valence-corrected chi connectivity index (χ0v) is 20.8. The van der Waals surface area contributed by atoms with Gasteiger partial charge in [-0.15, -0.1) is 0 Å². The second-order valence-electron chi connectivity index (χ2n) is 7.50. The third-order valence-corrected chi connectivity index (χ3v) is 6.54. The van der Waals surface area contributed by atoms with Gasteiger partial charge in [0.1, 0.15) is 6.04 Å². The Labute approximate surface area is 213 Å². The number of amides is 2. The molecule has 0 saturated heterocycles. The molecule has 0 spiro atoms. The number of carbonyl (C=O) groups is 2. The summed E-state index contributed by atoms with van der Waals surface area (Å²) in [6.45, 7) is 0.140. The molecule has 0 aliphatic heterocycles. The highest BCUT2D eigenvalue weighted by Crippen LogP contribution is 2.26. The van der Waals surface area contributed by atoms with Crippen molar-refractivity contribution in [2.75, 3.05) is 7.05 Å². The van der Waals surface area contributed by atoms with Gasteiger partial charge >= 0.3 is 0 Å². The molecule has 4 nitrogen and oxygen atoms in total. The van der Waals surface area contributed by atoms with E-state index in [1.54, 1.807) is 48.3 Å². The maximum Gasteiger partial charge on any atom is 0.242 e. The molecule has 0 unspecified atom stereocenters. The van der Waals surface area contributed by atoms with E-state index in [4.69, 9.17) is 46.4 Å². The number of nitrogens with one attached hydrogen (secondary N) is 1. The molecule has 1 N–H and O–H groups in total. The van der Waals surface area contributed by atoms with E-state index in [2.05, 4.69) is 5.32 Å². The largest absolute Gasteiger partial charge is 0.357 e. The van der Waals surface area contributed by atoms with Crippen LogP contribution in [-0.2, 0) is 29.0 Å². The number of hydrogen-bond acceptors (Lipinski definition) is 2. The number of rotatable bonds is 8. The first-order valence-electron chi connectivity index (χ1n) is 10.2. The minimum atomic E-state index is -0.751. The number of benzene rings is 3. The topological polar surface area (TPSA) is 49.4 Å². The van der Waals surface area contributed by atoms with Crippen LogP contribution in [-0.4, -0.2) is 29.8 Å². The smallest absolute Gasteiger partial charge is 0.242 e. The van der Waals surface area contributed by atoms with Gasteiger partial charge in [-0.3, -0.25) is 9.59 Å². The molecule has 3 aromatic rings. The van der Waals surface area contributed by atoms with Gasteiger partial charge in [0.25, 0.3) is 0 Å². The monoisotopic (exact) mass is 522 g/mol. The molecule has 3 aromatic carbocycles. The van der Waals surface area contributed by atoms with Crippen LogP contribution >= 0.6 is 46.4 Å². The summed E-state index contributed by atoms with van der Waals surface area (Å²) in [6, 6.07) is 18.9. The number of hydrogen-bond donors (Lipinski definition) is 1. The van der Waals surface area contributed by atoms with E-state index in [-0.39, 0.29) is 24.8 Å². The quantitative estimate of drug-likeness (QED) is 0.380. The van der Waals surface area contributed by atoms with Crippen molar-refractivity contribution in [1.82, 2.24) is 10.2 Å². The zero-order chi connectivity index (χ0) is 24.0. The van der Waals surface area contributed by atoms with Gasteiger partial charge in [-0.1, -0.05) is 88.9 Å². The summed E-state index contributed by atoms with van der Waals surface area (Å²) in [4.78, 5) is 28.0. The van der Waals surface area contributed by atoms with Crippen LogP contribution in [0.15, 0.2) is 66.7 Å². The van der Waals surface area contributed by atoms with Crippen molar-refractivity contribution in [3.63, 3.8) is 0 Å². The summed E-state index contributed by atoms with van der Waals surface area (Å²) in [5.74, 6) is -0.518. The van der Waals surface area contributed by atoms with E-state index in [1.807, 2.05) is 30.3 Å². The Bertz CT molecular complexity index is 1140.